The topological polar surface area (TPSA) is 44.1 Å². The van der Waals surface area contributed by atoms with Gasteiger partial charge in [0.05, 0.1) is 23.9 Å². The van der Waals surface area contributed by atoms with Crippen LogP contribution >= 0.6 is 0 Å². The fraction of sp³-hybridized carbons (Fsp3) is 0.286. The molecule has 2 aromatic rings. The van der Waals surface area contributed by atoms with E-state index in [2.05, 4.69) is 5.10 Å². The molecular formula is C14H16N2O2. The van der Waals surface area contributed by atoms with Gasteiger partial charge in [-0.15, -0.1) is 0 Å². The number of carbonyl (C=O) groups excluding carboxylic acids is 1. The zero-order chi connectivity index (χ0) is 13.3. The summed E-state index contributed by atoms with van der Waals surface area (Å²) in [5, 5.41) is 4.19. The Hall–Kier alpha value is -2.10. The van der Waals surface area contributed by atoms with Gasteiger partial charge in [0.1, 0.15) is 5.75 Å². The first-order valence-corrected chi connectivity index (χ1v) is 5.72. The van der Waals surface area contributed by atoms with Crippen LogP contribution in [0.5, 0.6) is 5.75 Å². The smallest absolute Gasteiger partial charge is 0.200 e. The molecule has 0 radical (unpaired) electrons. The second kappa shape index (κ2) is 4.64. The van der Waals surface area contributed by atoms with E-state index in [-0.39, 0.29) is 5.78 Å². The third kappa shape index (κ3) is 2.14. The molecule has 0 aliphatic rings. The molecule has 0 unspecified atom stereocenters. The number of hydrogen-bond acceptors (Lipinski definition) is 3. The quantitative estimate of drug-likeness (QED) is 0.778. The maximum atomic E-state index is 12.5. The van der Waals surface area contributed by atoms with E-state index in [1.54, 1.807) is 25.0 Å². The van der Waals surface area contributed by atoms with E-state index in [0.717, 1.165) is 11.3 Å². The number of hydrogen-bond donors (Lipinski definition) is 0. The third-order valence-corrected chi connectivity index (χ3v) is 2.86. The van der Waals surface area contributed by atoms with Crippen LogP contribution in [0.3, 0.4) is 0 Å². The first kappa shape index (κ1) is 12.4. The van der Waals surface area contributed by atoms with Crippen LogP contribution in [-0.4, -0.2) is 22.7 Å². The minimum atomic E-state index is -0.0545. The first-order chi connectivity index (χ1) is 8.52. The van der Waals surface area contributed by atoms with Gasteiger partial charge in [0, 0.05) is 13.2 Å². The monoisotopic (exact) mass is 244 g/mol. The van der Waals surface area contributed by atoms with Crippen molar-refractivity contribution in [3.63, 3.8) is 0 Å². The lowest BCUT2D eigenvalue weighted by molar-refractivity contribution is 0.103. The van der Waals surface area contributed by atoms with Gasteiger partial charge < -0.3 is 4.74 Å². The molecule has 0 saturated heterocycles. The van der Waals surface area contributed by atoms with Gasteiger partial charge in [-0.1, -0.05) is 11.6 Å². The Morgan fingerprint density at radius 2 is 2.00 bits per heavy atom. The van der Waals surface area contributed by atoms with E-state index in [1.807, 2.05) is 32.0 Å². The van der Waals surface area contributed by atoms with Crippen molar-refractivity contribution in [2.45, 2.75) is 13.8 Å². The molecule has 0 amide bonds. The Labute approximate surface area is 106 Å². The zero-order valence-corrected chi connectivity index (χ0v) is 11.0. The molecule has 0 spiro atoms. The van der Waals surface area contributed by atoms with Crippen molar-refractivity contribution >= 4 is 5.78 Å². The Bertz CT molecular complexity index is 600. The molecule has 0 fully saturated rings. The number of ether oxygens (including phenoxy) is 1. The average Bonchev–Trinajstić information content (AvgIpc) is 2.67. The molecule has 0 aliphatic heterocycles. The summed E-state index contributed by atoms with van der Waals surface area (Å²) in [5.41, 5.74) is 2.95. The molecule has 2 rings (SSSR count). The molecular weight excluding hydrogens is 228 g/mol. The molecule has 0 bridgehead atoms. The standard InChI is InChI=1S/C14H16N2O2/c1-9-5-6-13(18-4)11(7-9)14(17)12-8-16(3)15-10(12)2/h5-8H,1-4H3. The molecule has 18 heavy (non-hydrogen) atoms. The molecule has 0 aliphatic carbocycles. The van der Waals surface area contributed by atoms with Gasteiger partial charge in [0.15, 0.2) is 5.78 Å². The highest BCUT2D eigenvalue weighted by molar-refractivity contribution is 6.11. The van der Waals surface area contributed by atoms with Crippen LogP contribution in [0.4, 0.5) is 0 Å². The maximum absolute atomic E-state index is 12.5. The van der Waals surface area contributed by atoms with Gasteiger partial charge in [0.25, 0.3) is 0 Å². The third-order valence-electron chi connectivity index (χ3n) is 2.86. The Kier molecular flexibility index (Phi) is 3.19. The van der Waals surface area contributed by atoms with Crippen molar-refractivity contribution in [3.05, 3.63) is 46.8 Å². The highest BCUT2D eigenvalue weighted by Crippen LogP contribution is 2.23. The van der Waals surface area contributed by atoms with Crippen LogP contribution in [0.15, 0.2) is 24.4 Å². The lowest BCUT2D eigenvalue weighted by atomic mass is 10.0. The number of ketones is 1. The number of nitrogens with zero attached hydrogens (tertiary/aromatic N) is 2. The van der Waals surface area contributed by atoms with Crippen molar-refractivity contribution in [2.75, 3.05) is 7.11 Å². The van der Waals surface area contributed by atoms with Gasteiger partial charge in [0.2, 0.25) is 0 Å². The van der Waals surface area contributed by atoms with Gasteiger partial charge in [-0.05, 0) is 26.0 Å². The number of aromatic nitrogens is 2. The van der Waals surface area contributed by atoms with Crippen molar-refractivity contribution in [1.82, 2.24) is 9.78 Å². The summed E-state index contributed by atoms with van der Waals surface area (Å²) < 4.78 is 6.89. The molecule has 0 atom stereocenters. The van der Waals surface area contributed by atoms with Crippen LogP contribution in [0.2, 0.25) is 0 Å². The summed E-state index contributed by atoms with van der Waals surface area (Å²) in [4.78, 5) is 12.5. The maximum Gasteiger partial charge on any atom is 0.200 e. The second-order valence-electron chi connectivity index (χ2n) is 4.33. The van der Waals surface area contributed by atoms with Crippen LogP contribution in [0.25, 0.3) is 0 Å². The van der Waals surface area contributed by atoms with Crippen molar-refractivity contribution in [1.29, 1.82) is 0 Å². The predicted molar refractivity (Wildman–Crippen MR) is 69.1 cm³/mol. The first-order valence-electron chi connectivity index (χ1n) is 5.72. The van der Waals surface area contributed by atoms with E-state index in [9.17, 15) is 4.79 Å². The summed E-state index contributed by atoms with van der Waals surface area (Å²) >= 11 is 0. The predicted octanol–water partition coefficient (Wildman–Crippen LogP) is 2.28. The number of carbonyl (C=O) groups is 1. The average molecular weight is 244 g/mol. The van der Waals surface area contributed by atoms with Crippen LogP contribution < -0.4 is 4.74 Å². The molecule has 4 nitrogen and oxygen atoms in total. The van der Waals surface area contributed by atoms with E-state index >= 15 is 0 Å². The zero-order valence-electron chi connectivity index (χ0n) is 11.0. The Balaban J connectivity index is 2.51. The summed E-state index contributed by atoms with van der Waals surface area (Å²) in [6.07, 6.45) is 1.74. The lowest BCUT2D eigenvalue weighted by Gasteiger charge is -2.07. The molecule has 1 aromatic carbocycles. The lowest BCUT2D eigenvalue weighted by Crippen LogP contribution is -2.05. The molecule has 1 aromatic heterocycles. The van der Waals surface area contributed by atoms with E-state index < -0.39 is 0 Å². The molecule has 0 N–H and O–H groups in total. The van der Waals surface area contributed by atoms with Crippen LogP contribution in [0, 0.1) is 13.8 Å². The largest absolute Gasteiger partial charge is 0.496 e. The Morgan fingerprint density at radius 1 is 1.28 bits per heavy atom. The number of aryl methyl sites for hydroxylation is 3. The molecule has 4 heteroatoms. The van der Waals surface area contributed by atoms with Gasteiger partial charge in [-0.3, -0.25) is 9.48 Å². The SMILES string of the molecule is COc1ccc(C)cc1C(=O)c1cn(C)nc1C. The fourth-order valence-electron chi connectivity index (χ4n) is 1.97. The summed E-state index contributed by atoms with van der Waals surface area (Å²) in [7, 11) is 3.37. The van der Waals surface area contributed by atoms with E-state index in [1.165, 1.54) is 0 Å². The van der Waals surface area contributed by atoms with Crippen molar-refractivity contribution < 1.29 is 9.53 Å². The molecule has 0 saturated carbocycles. The second-order valence-corrected chi connectivity index (χ2v) is 4.33. The van der Waals surface area contributed by atoms with Gasteiger partial charge in [-0.25, -0.2) is 0 Å². The molecule has 1 heterocycles. The van der Waals surface area contributed by atoms with Gasteiger partial charge in [-0.2, -0.15) is 5.10 Å². The number of methoxy groups -OCH3 is 1. The number of rotatable bonds is 3. The highest BCUT2D eigenvalue weighted by atomic mass is 16.5. The van der Waals surface area contributed by atoms with Crippen LogP contribution in [-0.2, 0) is 7.05 Å². The normalized spacial score (nSPS) is 10.4. The Morgan fingerprint density at radius 3 is 2.56 bits per heavy atom. The minimum absolute atomic E-state index is 0.0545. The summed E-state index contributed by atoms with van der Waals surface area (Å²) in [5.74, 6) is 0.537. The minimum Gasteiger partial charge on any atom is -0.496 e. The highest BCUT2D eigenvalue weighted by Gasteiger charge is 2.18. The summed E-state index contributed by atoms with van der Waals surface area (Å²) in [6, 6.07) is 5.58. The van der Waals surface area contributed by atoms with E-state index in [0.29, 0.717) is 16.9 Å². The van der Waals surface area contributed by atoms with E-state index in [4.69, 9.17) is 4.74 Å². The molecule has 94 valence electrons. The summed E-state index contributed by atoms with van der Waals surface area (Å²) in [6.45, 7) is 3.78. The van der Waals surface area contributed by atoms with Gasteiger partial charge >= 0.3 is 0 Å². The van der Waals surface area contributed by atoms with Crippen molar-refractivity contribution in [3.8, 4) is 5.75 Å². The van der Waals surface area contributed by atoms with Crippen LogP contribution in [0.1, 0.15) is 27.2 Å². The van der Waals surface area contributed by atoms with Crippen molar-refractivity contribution in [2.24, 2.45) is 7.05 Å². The number of benzene rings is 1. The fourth-order valence-corrected chi connectivity index (χ4v) is 1.97.